The first-order valence-electron chi connectivity index (χ1n) is 5.99. The third kappa shape index (κ3) is 3.04. The number of aromatic nitrogens is 1. The topological polar surface area (TPSA) is 54.4 Å². The molecule has 0 unspecified atom stereocenters. The van der Waals surface area contributed by atoms with Crippen LogP contribution in [0.5, 0.6) is 0 Å². The Morgan fingerprint density at radius 3 is 2.82 bits per heavy atom. The largest absolute Gasteiger partial charge is 0.396 e. The van der Waals surface area contributed by atoms with Gasteiger partial charge in [0.2, 0.25) is 0 Å². The third-order valence-corrected chi connectivity index (χ3v) is 4.22. The Balaban J connectivity index is 1.77. The summed E-state index contributed by atoms with van der Waals surface area (Å²) in [6, 6.07) is 0. The first-order chi connectivity index (χ1) is 8.15. The van der Waals surface area contributed by atoms with E-state index in [4.69, 9.17) is 4.74 Å². The van der Waals surface area contributed by atoms with E-state index in [1.807, 2.05) is 0 Å². The average Bonchev–Trinajstić information content (AvgIpc) is 2.71. The van der Waals surface area contributed by atoms with Gasteiger partial charge < -0.3 is 15.2 Å². The van der Waals surface area contributed by atoms with Crippen LogP contribution in [0.4, 0.5) is 0 Å². The van der Waals surface area contributed by atoms with Gasteiger partial charge in [0.25, 0.3) is 0 Å². The van der Waals surface area contributed by atoms with Crippen LogP contribution in [-0.4, -0.2) is 36.5 Å². The molecule has 0 saturated carbocycles. The molecule has 0 aromatic carbocycles. The van der Waals surface area contributed by atoms with Gasteiger partial charge >= 0.3 is 0 Å². The van der Waals surface area contributed by atoms with Gasteiger partial charge in [0.05, 0.1) is 35.9 Å². The molecule has 0 radical (unpaired) electrons. The summed E-state index contributed by atoms with van der Waals surface area (Å²) in [7, 11) is 0. The molecule has 0 bridgehead atoms. The van der Waals surface area contributed by atoms with Crippen molar-refractivity contribution in [3.05, 3.63) is 16.1 Å². The predicted octanol–water partition coefficient (Wildman–Crippen LogP) is 1.36. The van der Waals surface area contributed by atoms with Gasteiger partial charge in [-0.3, -0.25) is 0 Å². The quantitative estimate of drug-likeness (QED) is 0.807. The Kier molecular flexibility index (Phi) is 4.14. The number of thiazole rings is 1. The zero-order chi connectivity index (χ0) is 12.3. The minimum Gasteiger partial charge on any atom is -0.396 e. The average molecular weight is 256 g/mol. The van der Waals surface area contributed by atoms with E-state index in [-0.39, 0.29) is 12.0 Å². The maximum atomic E-state index is 9.28. The van der Waals surface area contributed by atoms with Crippen molar-refractivity contribution in [3.63, 3.8) is 0 Å². The zero-order valence-electron chi connectivity index (χ0n) is 10.4. The predicted molar refractivity (Wildman–Crippen MR) is 68.2 cm³/mol. The third-order valence-electron chi connectivity index (χ3n) is 3.02. The number of rotatable bonds is 6. The van der Waals surface area contributed by atoms with E-state index < -0.39 is 0 Å². The lowest BCUT2D eigenvalue weighted by Crippen LogP contribution is -2.52. The number of aliphatic hydroxyl groups excluding tert-OH is 1. The summed E-state index contributed by atoms with van der Waals surface area (Å²) in [5.74, 6) is 0.498. The minimum absolute atomic E-state index is 0.0586. The fourth-order valence-corrected chi connectivity index (χ4v) is 2.60. The second-order valence-corrected chi connectivity index (χ2v) is 5.98. The van der Waals surface area contributed by atoms with Crippen molar-refractivity contribution in [1.82, 2.24) is 10.3 Å². The number of nitrogens with one attached hydrogen (secondary N) is 1. The molecule has 0 spiro atoms. The smallest absolute Gasteiger partial charge is 0.0954 e. The highest BCUT2D eigenvalue weighted by Crippen LogP contribution is 2.25. The van der Waals surface area contributed by atoms with Gasteiger partial charge in [0.1, 0.15) is 0 Å². The molecule has 17 heavy (non-hydrogen) atoms. The molecule has 2 heterocycles. The molecule has 5 heteroatoms. The summed E-state index contributed by atoms with van der Waals surface area (Å²) < 4.78 is 5.15. The number of hydrogen-bond acceptors (Lipinski definition) is 5. The summed E-state index contributed by atoms with van der Waals surface area (Å²) in [5.41, 5.74) is 1.03. The highest BCUT2D eigenvalue weighted by molar-refractivity contribution is 7.09. The van der Waals surface area contributed by atoms with Crippen LogP contribution in [0.25, 0.3) is 0 Å². The lowest BCUT2D eigenvalue weighted by molar-refractivity contribution is -0.134. The summed E-state index contributed by atoms with van der Waals surface area (Å²) in [6.07, 6.45) is 0. The van der Waals surface area contributed by atoms with Crippen molar-refractivity contribution in [2.45, 2.75) is 26.3 Å². The molecule has 1 aliphatic heterocycles. The van der Waals surface area contributed by atoms with E-state index in [1.165, 1.54) is 5.01 Å². The summed E-state index contributed by atoms with van der Waals surface area (Å²) in [4.78, 5) is 4.56. The van der Waals surface area contributed by atoms with E-state index in [2.05, 4.69) is 29.5 Å². The van der Waals surface area contributed by atoms with E-state index >= 15 is 0 Å². The molecular formula is C12H20N2O2S. The fourth-order valence-electron chi connectivity index (χ4n) is 1.76. The van der Waals surface area contributed by atoms with Gasteiger partial charge in [0, 0.05) is 24.4 Å². The van der Waals surface area contributed by atoms with Crippen molar-refractivity contribution in [2.24, 2.45) is 5.41 Å². The fraction of sp³-hybridized carbons (Fsp3) is 0.750. The molecule has 2 rings (SSSR count). The molecule has 1 aromatic rings. The Morgan fingerprint density at radius 2 is 2.35 bits per heavy atom. The highest BCUT2D eigenvalue weighted by atomic mass is 32.1. The zero-order valence-corrected chi connectivity index (χ0v) is 11.2. The maximum Gasteiger partial charge on any atom is 0.0954 e. The molecule has 1 fully saturated rings. The number of aliphatic hydroxyl groups is 1. The SMILES string of the molecule is CC(C)c1nc(CNCC2(CO)COC2)cs1. The molecular weight excluding hydrogens is 236 g/mol. The lowest BCUT2D eigenvalue weighted by Gasteiger charge is -2.39. The summed E-state index contributed by atoms with van der Waals surface area (Å²) >= 11 is 1.72. The Bertz CT molecular complexity index is 356. The van der Waals surface area contributed by atoms with Gasteiger partial charge in [-0.25, -0.2) is 4.98 Å². The van der Waals surface area contributed by atoms with Gasteiger partial charge in [-0.2, -0.15) is 0 Å². The number of ether oxygens (including phenoxy) is 1. The molecule has 4 nitrogen and oxygen atoms in total. The second-order valence-electron chi connectivity index (χ2n) is 5.09. The summed E-state index contributed by atoms with van der Waals surface area (Å²) in [5, 5.41) is 15.9. The van der Waals surface area contributed by atoms with Crippen molar-refractivity contribution in [3.8, 4) is 0 Å². The normalized spacial score (nSPS) is 18.4. The van der Waals surface area contributed by atoms with Gasteiger partial charge in [0.15, 0.2) is 0 Å². The molecule has 1 aliphatic rings. The van der Waals surface area contributed by atoms with E-state index in [1.54, 1.807) is 11.3 Å². The molecule has 0 amide bonds. The monoisotopic (exact) mass is 256 g/mol. The van der Waals surface area contributed by atoms with Gasteiger partial charge in [-0.1, -0.05) is 13.8 Å². The second kappa shape index (κ2) is 5.44. The van der Waals surface area contributed by atoms with E-state index in [0.29, 0.717) is 19.1 Å². The number of hydrogen-bond donors (Lipinski definition) is 2. The minimum atomic E-state index is -0.0586. The Hall–Kier alpha value is -0.490. The van der Waals surface area contributed by atoms with Crippen molar-refractivity contribution >= 4 is 11.3 Å². The van der Waals surface area contributed by atoms with Crippen LogP contribution in [0.3, 0.4) is 0 Å². The maximum absolute atomic E-state index is 9.28. The molecule has 1 saturated heterocycles. The molecule has 0 atom stereocenters. The van der Waals surface area contributed by atoms with Crippen LogP contribution in [-0.2, 0) is 11.3 Å². The Morgan fingerprint density at radius 1 is 1.59 bits per heavy atom. The van der Waals surface area contributed by atoms with Crippen LogP contribution in [0, 0.1) is 5.41 Å². The lowest BCUT2D eigenvalue weighted by atomic mass is 9.87. The van der Waals surface area contributed by atoms with Crippen LogP contribution >= 0.6 is 11.3 Å². The summed E-state index contributed by atoms with van der Waals surface area (Å²) in [6.45, 7) is 7.37. The molecule has 1 aromatic heterocycles. The van der Waals surface area contributed by atoms with Crippen LogP contribution in [0.1, 0.15) is 30.5 Å². The molecule has 2 N–H and O–H groups in total. The van der Waals surface area contributed by atoms with E-state index in [0.717, 1.165) is 18.8 Å². The first kappa shape index (κ1) is 13.0. The standard InChI is InChI=1S/C12H20N2O2S/c1-9(2)11-14-10(4-17-11)3-13-5-12(6-15)7-16-8-12/h4,9,13,15H,3,5-8H2,1-2H3. The van der Waals surface area contributed by atoms with Crippen LogP contribution in [0.15, 0.2) is 5.38 Å². The van der Waals surface area contributed by atoms with Crippen LogP contribution < -0.4 is 5.32 Å². The van der Waals surface area contributed by atoms with Crippen molar-refractivity contribution in [1.29, 1.82) is 0 Å². The van der Waals surface area contributed by atoms with Crippen molar-refractivity contribution < 1.29 is 9.84 Å². The highest BCUT2D eigenvalue weighted by Gasteiger charge is 2.37. The molecule has 0 aliphatic carbocycles. The van der Waals surface area contributed by atoms with Crippen molar-refractivity contribution in [2.75, 3.05) is 26.4 Å². The van der Waals surface area contributed by atoms with E-state index in [9.17, 15) is 5.11 Å². The van der Waals surface area contributed by atoms with Gasteiger partial charge in [-0.15, -0.1) is 11.3 Å². The first-order valence-corrected chi connectivity index (χ1v) is 6.87. The Labute approximate surface area is 106 Å². The molecule has 96 valence electrons. The number of nitrogens with zero attached hydrogens (tertiary/aromatic N) is 1. The van der Waals surface area contributed by atoms with Crippen LogP contribution in [0.2, 0.25) is 0 Å². The van der Waals surface area contributed by atoms with Gasteiger partial charge in [-0.05, 0) is 0 Å².